The number of rotatable bonds is 2. The molecule has 32 heavy (non-hydrogen) atoms. The van der Waals surface area contributed by atoms with Crippen molar-refractivity contribution < 1.29 is 9.47 Å². The number of allylic oxidation sites excluding steroid dienone is 1. The van der Waals surface area contributed by atoms with E-state index in [9.17, 15) is 0 Å². The number of methoxy groups -OCH3 is 1. The van der Waals surface area contributed by atoms with Crippen LogP contribution in [-0.2, 0) is 0 Å². The summed E-state index contributed by atoms with van der Waals surface area (Å²) < 4.78 is 12.2. The maximum absolute atomic E-state index is 6.49. The average Bonchev–Trinajstić information content (AvgIpc) is 2.71. The molecule has 5 rings (SSSR count). The van der Waals surface area contributed by atoms with Crippen LogP contribution in [0.3, 0.4) is 0 Å². The van der Waals surface area contributed by atoms with Crippen LogP contribution < -0.4 is 14.8 Å². The van der Waals surface area contributed by atoms with Gasteiger partial charge in [0.25, 0.3) is 0 Å². The zero-order valence-electron chi connectivity index (χ0n) is 18.3. The van der Waals surface area contributed by atoms with E-state index in [1.54, 1.807) is 13.2 Å². The second kappa shape index (κ2) is 7.61. The number of hydrogen-bond donors (Lipinski definition) is 1. The fraction of sp³-hybridized carbons (Fsp3) is 0.185. The zero-order chi connectivity index (χ0) is 22.6. The minimum Gasteiger partial charge on any atom is -0.496 e. The molecule has 162 valence electrons. The highest BCUT2D eigenvalue weighted by Crippen LogP contribution is 2.52. The highest BCUT2D eigenvalue weighted by Gasteiger charge is 2.32. The number of hydrogen-bond acceptors (Lipinski definition) is 3. The van der Waals surface area contributed by atoms with Gasteiger partial charge < -0.3 is 14.8 Å². The summed E-state index contributed by atoms with van der Waals surface area (Å²) in [6.45, 7) is 6.48. The Balaban J connectivity index is 1.82. The van der Waals surface area contributed by atoms with E-state index in [4.69, 9.17) is 32.7 Å². The standard InChI is InChI=1S/C27H23Cl2NO2/c1-15-14-27(2,3)30-20-9-8-19-25-21(31-4)6-5-7-22(25)32-23(26(19)24(15)20)12-16-10-17(28)13-18(29)11-16/h5-14,30H,1-4H3/b23-12-. The summed E-state index contributed by atoms with van der Waals surface area (Å²) in [5.74, 6) is 2.27. The van der Waals surface area contributed by atoms with Crippen LogP contribution in [0.1, 0.15) is 37.5 Å². The minimum atomic E-state index is -0.138. The molecule has 2 heterocycles. The van der Waals surface area contributed by atoms with Crippen LogP contribution in [0.15, 0.2) is 54.6 Å². The first kappa shape index (κ1) is 21.0. The molecule has 0 atom stereocenters. The van der Waals surface area contributed by atoms with Crippen LogP contribution in [0.2, 0.25) is 10.0 Å². The Labute approximate surface area is 198 Å². The molecule has 0 saturated heterocycles. The van der Waals surface area contributed by atoms with Crippen LogP contribution in [0.25, 0.3) is 28.5 Å². The Morgan fingerprint density at radius 1 is 0.969 bits per heavy atom. The predicted molar refractivity (Wildman–Crippen MR) is 135 cm³/mol. The average molecular weight is 464 g/mol. The molecule has 3 aromatic carbocycles. The van der Waals surface area contributed by atoms with E-state index in [1.165, 1.54) is 5.57 Å². The Kier molecular flexibility index (Phi) is 4.99. The summed E-state index contributed by atoms with van der Waals surface area (Å²) in [6.07, 6.45) is 4.24. The summed E-state index contributed by atoms with van der Waals surface area (Å²) in [6, 6.07) is 15.6. The molecule has 2 aliphatic heterocycles. The molecule has 0 spiro atoms. The molecule has 2 aliphatic rings. The highest BCUT2D eigenvalue weighted by molar-refractivity contribution is 6.34. The molecule has 0 aromatic heterocycles. The molecule has 0 radical (unpaired) electrons. The number of ether oxygens (including phenoxy) is 2. The first-order chi connectivity index (χ1) is 15.3. The van der Waals surface area contributed by atoms with Crippen molar-refractivity contribution in [3.8, 4) is 22.6 Å². The lowest BCUT2D eigenvalue weighted by Crippen LogP contribution is -2.32. The fourth-order valence-corrected chi connectivity index (χ4v) is 5.23. The van der Waals surface area contributed by atoms with Crippen molar-refractivity contribution in [1.82, 2.24) is 0 Å². The van der Waals surface area contributed by atoms with Gasteiger partial charge >= 0.3 is 0 Å². The molecule has 5 heteroatoms. The summed E-state index contributed by atoms with van der Waals surface area (Å²) >= 11 is 12.5. The van der Waals surface area contributed by atoms with E-state index in [0.717, 1.165) is 50.8 Å². The van der Waals surface area contributed by atoms with Crippen molar-refractivity contribution in [3.63, 3.8) is 0 Å². The van der Waals surface area contributed by atoms with E-state index < -0.39 is 0 Å². The Bertz CT molecular complexity index is 1300. The van der Waals surface area contributed by atoms with Crippen LogP contribution in [0.4, 0.5) is 5.69 Å². The SMILES string of the molecule is COc1cccc2c1-c1ccc3c(c1/C(=C/c1cc(Cl)cc(Cl)c1)O2)C(C)=CC(C)(C)N3. The van der Waals surface area contributed by atoms with Gasteiger partial charge in [0.1, 0.15) is 17.3 Å². The zero-order valence-corrected chi connectivity index (χ0v) is 19.9. The first-order valence-electron chi connectivity index (χ1n) is 10.4. The second-order valence-corrected chi connectivity index (χ2v) is 9.60. The Morgan fingerprint density at radius 2 is 1.72 bits per heavy atom. The molecule has 0 saturated carbocycles. The lowest BCUT2D eigenvalue weighted by Gasteiger charge is -2.35. The van der Waals surface area contributed by atoms with E-state index in [1.807, 2.05) is 36.4 Å². The summed E-state index contributed by atoms with van der Waals surface area (Å²) in [5.41, 5.74) is 7.16. The van der Waals surface area contributed by atoms with Gasteiger partial charge in [0, 0.05) is 32.4 Å². The van der Waals surface area contributed by atoms with Gasteiger partial charge in [-0.25, -0.2) is 0 Å². The van der Waals surface area contributed by atoms with Crippen LogP contribution in [0, 0.1) is 0 Å². The third-order valence-electron chi connectivity index (χ3n) is 5.76. The van der Waals surface area contributed by atoms with Crippen LogP contribution in [-0.4, -0.2) is 12.6 Å². The predicted octanol–water partition coefficient (Wildman–Crippen LogP) is 8.17. The number of fused-ring (bicyclic) bond motifs is 5. The Hall–Kier alpha value is -2.88. The van der Waals surface area contributed by atoms with Crippen molar-refractivity contribution in [2.24, 2.45) is 0 Å². The topological polar surface area (TPSA) is 30.5 Å². The van der Waals surface area contributed by atoms with E-state index in [-0.39, 0.29) is 5.54 Å². The lowest BCUT2D eigenvalue weighted by molar-refractivity contribution is 0.412. The van der Waals surface area contributed by atoms with E-state index in [2.05, 4.69) is 44.3 Å². The largest absolute Gasteiger partial charge is 0.496 e. The smallest absolute Gasteiger partial charge is 0.139 e. The number of nitrogens with one attached hydrogen (secondary N) is 1. The molecule has 0 aliphatic carbocycles. The van der Waals surface area contributed by atoms with Gasteiger partial charge in [-0.3, -0.25) is 0 Å². The lowest BCUT2D eigenvalue weighted by atomic mass is 9.83. The molecule has 0 bridgehead atoms. The summed E-state index contributed by atoms with van der Waals surface area (Å²) in [5, 5.41) is 4.80. The van der Waals surface area contributed by atoms with Crippen LogP contribution >= 0.6 is 23.2 Å². The van der Waals surface area contributed by atoms with Crippen molar-refractivity contribution >= 4 is 46.3 Å². The molecule has 0 unspecified atom stereocenters. The van der Waals surface area contributed by atoms with Crippen molar-refractivity contribution in [2.75, 3.05) is 12.4 Å². The number of anilines is 1. The fourth-order valence-electron chi connectivity index (χ4n) is 4.69. The van der Waals surface area contributed by atoms with E-state index >= 15 is 0 Å². The quantitative estimate of drug-likeness (QED) is 0.415. The van der Waals surface area contributed by atoms with E-state index in [0.29, 0.717) is 10.0 Å². The van der Waals surface area contributed by atoms with Gasteiger partial charge in [0.15, 0.2) is 0 Å². The monoisotopic (exact) mass is 463 g/mol. The van der Waals surface area contributed by atoms with Crippen molar-refractivity contribution in [3.05, 3.63) is 81.3 Å². The molecular formula is C27H23Cl2NO2. The van der Waals surface area contributed by atoms with Crippen LogP contribution in [0.5, 0.6) is 11.5 Å². The molecule has 1 N–H and O–H groups in total. The number of halogens is 2. The maximum atomic E-state index is 6.49. The molecule has 0 amide bonds. The number of benzene rings is 3. The highest BCUT2D eigenvalue weighted by atomic mass is 35.5. The third-order valence-corrected chi connectivity index (χ3v) is 6.20. The van der Waals surface area contributed by atoms with Gasteiger partial charge in [-0.05, 0) is 74.4 Å². The third kappa shape index (κ3) is 3.56. The molecular weight excluding hydrogens is 441 g/mol. The van der Waals surface area contributed by atoms with Gasteiger partial charge in [-0.15, -0.1) is 0 Å². The molecule has 3 aromatic rings. The van der Waals surface area contributed by atoms with Crippen molar-refractivity contribution in [2.45, 2.75) is 26.3 Å². The molecule has 3 nitrogen and oxygen atoms in total. The minimum absolute atomic E-state index is 0.138. The van der Waals surface area contributed by atoms with Gasteiger partial charge in [0.2, 0.25) is 0 Å². The van der Waals surface area contributed by atoms with Gasteiger partial charge in [-0.2, -0.15) is 0 Å². The van der Waals surface area contributed by atoms with Gasteiger partial charge in [-0.1, -0.05) is 41.4 Å². The summed E-state index contributed by atoms with van der Waals surface area (Å²) in [4.78, 5) is 0. The Morgan fingerprint density at radius 3 is 2.44 bits per heavy atom. The normalized spacial score (nSPS) is 16.8. The van der Waals surface area contributed by atoms with Gasteiger partial charge in [0.05, 0.1) is 18.2 Å². The first-order valence-corrected chi connectivity index (χ1v) is 11.2. The van der Waals surface area contributed by atoms with Crippen molar-refractivity contribution in [1.29, 1.82) is 0 Å². The molecule has 0 fully saturated rings. The summed E-state index contributed by atoms with van der Waals surface area (Å²) in [7, 11) is 1.68. The second-order valence-electron chi connectivity index (χ2n) is 8.73. The maximum Gasteiger partial charge on any atom is 0.139 e.